The number of aromatic hydroxyl groups is 1. The van der Waals surface area contributed by atoms with Crippen molar-refractivity contribution >= 4 is 28.9 Å². The van der Waals surface area contributed by atoms with Crippen molar-refractivity contribution in [1.82, 2.24) is 4.90 Å². The van der Waals surface area contributed by atoms with E-state index in [4.69, 9.17) is 11.5 Å². The molecule has 1 aromatic rings. The number of hydrogen-bond donors (Lipinski definition) is 7. The number of aliphatic hydroxyl groups excluding tert-OH is 3. The van der Waals surface area contributed by atoms with Crippen LogP contribution in [0.1, 0.15) is 29.5 Å². The predicted molar refractivity (Wildman–Crippen MR) is 119 cm³/mol. The van der Waals surface area contributed by atoms with Crippen LogP contribution in [0.2, 0.25) is 0 Å². The molecule has 0 unspecified atom stereocenters. The number of carbonyl (C=O) groups excluding carboxylic acids is 3. The summed E-state index contributed by atoms with van der Waals surface area (Å²) < 4.78 is 0. The molecule has 3 aliphatic carbocycles. The van der Waals surface area contributed by atoms with Crippen LogP contribution in [-0.2, 0) is 14.4 Å². The van der Waals surface area contributed by atoms with E-state index >= 15 is 0 Å². The number of likely N-dealkylation sites (N-methyl/N-ethyl adjacent to an activating group) is 1. The number of primary amides is 1. The van der Waals surface area contributed by atoms with Gasteiger partial charge in [0.15, 0.2) is 11.4 Å². The third-order valence-corrected chi connectivity index (χ3v) is 7.45. The third-order valence-electron chi connectivity index (χ3n) is 7.45. The number of nitrogens with two attached hydrogens (primary N) is 2. The van der Waals surface area contributed by atoms with Gasteiger partial charge in [0.05, 0.1) is 23.6 Å². The standard InChI is InChI=1S/C23H27N3O8/c1-6-5-8(24)9-7(2)10-12(17(28)11(9)16(6)27)20(31)23(34)14(18(10)29)15(26(3)4)19(30)13(21(23)32)22(25)33/h5,7,10,14-15,18,27-29,32,34H,24H2,1-4H3,(H2,25,33)/t7-,10+,14+,15-,18-,23-/m0/s1. The van der Waals surface area contributed by atoms with E-state index in [1.807, 2.05) is 0 Å². The topological polar surface area (TPSA) is 208 Å². The number of anilines is 1. The Kier molecular flexibility index (Phi) is 5.09. The van der Waals surface area contributed by atoms with Crippen molar-refractivity contribution in [3.8, 4) is 5.75 Å². The molecule has 1 amide bonds. The molecule has 1 fully saturated rings. The number of ketones is 2. The lowest BCUT2D eigenvalue weighted by molar-refractivity contribution is -0.169. The lowest BCUT2D eigenvalue weighted by Crippen LogP contribution is -2.70. The van der Waals surface area contributed by atoms with Gasteiger partial charge in [0.1, 0.15) is 22.8 Å². The van der Waals surface area contributed by atoms with E-state index in [-0.39, 0.29) is 17.0 Å². The van der Waals surface area contributed by atoms with E-state index in [1.54, 1.807) is 13.8 Å². The summed E-state index contributed by atoms with van der Waals surface area (Å²) >= 11 is 0. The summed E-state index contributed by atoms with van der Waals surface area (Å²) in [5, 5.41) is 55.7. The highest BCUT2D eigenvalue weighted by Gasteiger charge is 2.68. The second-order valence-corrected chi connectivity index (χ2v) is 9.47. The van der Waals surface area contributed by atoms with Crippen LogP contribution >= 0.6 is 0 Å². The molecule has 11 nitrogen and oxygen atoms in total. The molecule has 1 aromatic carbocycles. The largest absolute Gasteiger partial charge is 0.508 e. The van der Waals surface area contributed by atoms with Crippen LogP contribution < -0.4 is 11.5 Å². The lowest BCUT2D eigenvalue weighted by atomic mass is 9.54. The number of carbonyl (C=O) groups is 3. The highest BCUT2D eigenvalue weighted by molar-refractivity contribution is 6.24. The van der Waals surface area contributed by atoms with E-state index in [0.29, 0.717) is 11.1 Å². The van der Waals surface area contributed by atoms with Gasteiger partial charge in [0.25, 0.3) is 5.91 Å². The first-order valence-electron chi connectivity index (χ1n) is 10.6. The van der Waals surface area contributed by atoms with Crippen LogP contribution in [0, 0.1) is 18.8 Å². The summed E-state index contributed by atoms with van der Waals surface area (Å²) in [6.45, 7) is 3.17. The Morgan fingerprint density at radius 1 is 1.18 bits per heavy atom. The van der Waals surface area contributed by atoms with E-state index in [2.05, 4.69) is 0 Å². The number of aryl methyl sites for hydroxylation is 1. The molecular formula is C23H27N3O8. The number of rotatable bonds is 2. The molecule has 34 heavy (non-hydrogen) atoms. The minimum absolute atomic E-state index is 0.117. The average molecular weight is 473 g/mol. The Bertz CT molecular complexity index is 1230. The smallest absolute Gasteiger partial charge is 0.255 e. The zero-order valence-corrected chi connectivity index (χ0v) is 19.0. The highest BCUT2D eigenvalue weighted by Crippen LogP contribution is 2.57. The number of benzene rings is 1. The molecule has 0 aliphatic heterocycles. The summed E-state index contributed by atoms with van der Waals surface area (Å²) in [5.74, 6) is -9.33. The zero-order chi connectivity index (χ0) is 25.6. The van der Waals surface area contributed by atoms with E-state index in [0.717, 1.165) is 0 Å². The molecule has 0 saturated heterocycles. The van der Waals surface area contributed by atoms with Crippen molar-refractivity contribution in [2.75, 3.05) is 19.8 Å². The summed E-state index contributed by atoms with van der Waals surface area (Å²) in [4.78, 5) is 40.2. The molecule has 182 valence electrons. The van der Waals surface area contributed by atoms with Gasteiger partial charge < -0.3 is 37.0 Å². The van der Waals surface area contributed by atoms with Gasteiger partial charge in [-0.1, -0.05) is 6.92 Å². The molecule has 0 aromatic heterocycles. The predicted octanol–water partition coefficient (Wildman–Crippen LogP) is -0.614. The molecule has 0 spiro atoms. The van der Waals surface area contributed by atoms with Gasteiger partial charge in [-0.3, -0.25) is 19.3 Å². The first kappa shape index (κ1) is 23.7. The number of aliphatic hydroxyl groups is 4. The minimum Gasteiger partial charge on any atom is -0.508 e. The van der Waals surface area contributed by atoms with Gasteiger partial charge in [0, 0.05) is 17.2 Å². The fourth-order valence-corrected chi connectivity index (χ4v) is 5.95. The Labute approximate surface area is 194 Å². The number of phenolic OH excluding ortho intramolecular Hbond substituents is 1. The maximum absolute atomic E-state index is 13.8. The van der Waals surface area contributed by atoms with Gasteiger partial charge in [-0.25, -0.2) is 0 Å². The molecule has 3 aliphatic rings. The molecule has 4 rings (SSSR count). The van der Waals surface area contributed by atoms with Gasteiger partial charge in [-0.05, 0) is 44.1 Å². The van der Waals surface area contributed by atoms with Gasteiger partial charge in [0.2, 0.25) is 5.78 Å². The molecular weight excluding hydrogens is 446 g/mol. The first-order valence-corrected chi connectivity index (χ1v) is 10.6. The maximum atomic E-state index is 13.8. The van der Waals surface area contributed by atoms with Crippen molar-refractivity contribution in [1.29, 1.82) is 0 Å². The number of nitrogens with zero attached hydrogens (tertiary/aromatic N) is 1. The Morgan fingerprint density at radius 3 is 2.29 bits per heavy atom. The van der Waals surface area contributed by atoms with Crippen LogP contribution in [0.25, 0.3) is 5.76 Å². The molecule has 0 bridgehead atoms. The minimum atomic E-state index is -2.94. The molecule has 0 heterocycles. The molecule has 6 atom stereocenters. The van der Waals surface area contributed by atoms with Crippen molar-refractivity contribution in [3.05, 3.63) is 39.7 Å². The number of amides is 1. The SMILES string of the molecule is Cc1cc(N)c2c(c1O)C(O)=C1C(=O)[C@]3(O)C(O)=C(C(N)=O)C(=O)[C@@H](N(C)C)[C@@H]3[C@@H](O)[C@@H]1[C@H]2C. The van der Waals surface area contributed by atoms with E-state index in [1.165, 1.54) is 25.1 Å². The normalized spacial score (nSPS) is 33.1. The molecule has 1 saturated carbocycles. The van der Waals surface area contributed by atoms with Crippen molar-refractivity contribution < 1.29 is 39.9 Å². The molecule has 11 heteroatoms. The third kappa shape index (κ3) is 2.65. The van der Waals surface area contributed by atoms with Crippen LogP contribution in [0.4, 0.5) is 5.69 Å². The monoisotopic (exact) mass is 473 g/mol. The van der Waals surface area contributed by atoms with E-state index in [9.17, 15) is 39.9 Å². The second kappa shape index (κ2) is 7.29. The van der Waals surface area contributed by atoms with Crippen molar-refractivity contribution in [2.45, 2.75) is 37.5 Å². The summed E-state index contributed by atoms with van der Waals surface area (Å²) in [5.41, 5.74) is 7.83. The Hall–Kier alpha value is -3.41. The fraction of sp³-hybridized carbons (Fsp3) is 0.435. The summed E-state index contributed by atoms with van der Waals surface area (Å²) in [6.07, 6.45) is -1.65. The lowest BCUT2D eigenvalue weighted by Gasteiger charge is -2.53. The molecule has 0 radical (unpaired) electrons. The van der Waals surface area contributed by atoms with Crippen LogP contribution in [0.3, 0.4) is 0 Å². The van der Waals surface area contributed by atoms with E-state index < -0.39 is 75.6 Å². The van der Waals surface area contributed by atoms with Crippen molar-refractivity contribution in [3.63, 3.8) is 0 Å². The number of Topliss-reactive ketones (excluding diaryl/α,β-unsaturated/α-hetero) is 2. The Morgan fingerprint density at radius 2 is 1.76 bits per heavy atom. The Balaban J connectivity index is 2.10. The maximum Gasteiger partial charge on any atom is 0.255 e. The zero-order valence-electron chi connectivity index (χ0n) is 19.0. The van der Waals surface area contributed by atoms with Crippen LogP contribution in [-0.4, -0.2) is 79.7 Å². The summed E-state index contributed by atoms with van der Waals surface area (Å²) in [6, 6.07) is 0.0972. The number of nitrogen functional groups attached to an aromatic ring is 1. The average Bonchev–Trinajstić information content (AvgIpc) is 2.73. The summed E-state index contributed by atoms with van der Waals surface area (Å²) in [7, 11) is 2.89. The number of hydrogen-bond acceptors (Lipinski definition) is 10. The molecule has 9 N–H and O–H groups in total. The van der Waals surface area contributed by atoms with Crippen LogP contribution in [0.15, 0.2) is 23.0 Å². The van der Waals surface area contributed by atoms with Crippen molar-refractivity contribution in [2.24, 2.45) is 17.6 Å². The van der Waals surface area contributed by atoms with Gasteiger partial charge >= 0.3 is 0 Å². The number of phenols is 1. The van der Waals surface area contributed by atoms with Crippen LogP contribution in [0.5, 0.6) is 5.75 Å². The first-order chi connectivity index (χ1) is 15.7. The quantitative estimate of drug-likeness (QED) is 0.165. The van der Waals surface area contributed by atoms with Gasteiger partial charge in [-0.2, -0.15) is 0 Å². The highest BCUT2D eigenvalue weighted by atomic mass is 16.4. The second-order valence-electron chi connectivity index (χ2n) is 9.47. The fourth-order valence-electron chi connectivity index (χ4n) is 5.95. The van der Waals surface area contributed by atoms with Gasteiger partial charge in [-0.15, -0.1) is 0 Å². The number of fused-ring (bicyclic) bond motifs is 3.